The number of fused-ring (bicyclic) bond motifs is 1. The zero-order valence-electron chi connectivity index (χ0n) is 13.9. The third-order valence-electron chi connectivity index (χ3n) is 4.80. The molecule has 0 unspecified atom stereocenters. The number of benzene rings is 1. The van der Waals surface area contributed by atoms with Crippen LogP contribution in [-0.4, -0.2) is 61.3 Å². The zero-order chi connectivity index (χ0) is 16.5. The number of nitrogens with one attached hydrogen (secondary N) is 2. The number of H-pyrrole nitrogens is 1. The second-order valence-corrected chi connectivity index (χ2v) is 6.57. The quantitative estimate of drug-likeness (QED) is 0.877. The number of methoxy groups -OCH3 is 1. The van der Waals surface area contributed by atoms with Gasteiger partial charge < -0.3 is 19.8 Å². The number of amides is 1. The number of hydrogen-bond donors (Lipinski definition) is 2. The minimum Gasteiger partial charge on any atom is -0.497 e. The molecule has 1 atom stereocenters. The van der Waals surface area contributed by atoms with Crippen LogP contribution in [0.5, 0.6) is 5.75 Å². The van der Waals surface area contributed by atoms with Crippen molar-refractivity contribution in [2.75, 3.05) is 33.4 Å². The third-order valence-corrected chi connectivity index (χ3v) is 4.80. The van der Waals surface area contributed by atoms with Gasteiger partial charge in [-0.3, -0.25) is 9.69 Å². The molecule has 0 spiro atoms. The van der Waals surface area contributed by atoms with E-state index in [1.54, 1.807) is 7.11 Å². The highest BCUT2D eigenvalue weighted by atomic mass is 16.5. The second kappa shape index (κ2) is 6.45. The Kier molecular flexibility index (Phi) is 4.16. The predicted octanol–water partition coefficient (Wildman–Crippen LogP) is 1.77. The number of morpholine rings is 1. The average Bonchev–Trinajstić information content (AvgIpc) is 3.38. The number of aromatic amines is 1. The van der Waals surface area contributed by atoms with Gasteiger partial charge in [0.25, 0.3) is 5.91 Å². The normalized spacial score (nSPS) is 21.8. The van der Waals surface area contributed by atoms with Crippen molar-refractivity contribution in [2.24, 2.45) is 0 Å². The molecular weight excluding hydrogens is 306 g/mol. The van der Waals surface area contributed by atoms with Gasteiger partial charge in [-0.05, 0) is 37.1 Å². The van der Waals surface area contributed by atoms with Gasteiger partial charge in [0.2, 0.25) is 0 Å². The molecule has 1 amide bonds. The van der Waals surface area contributed by atoms with Crippen LogP contribution in [0.1, 0.15) is 23.3 Å². The molecule has 128 valence electrons. The highest BCUT2D eigenvalue weighted by Crippen LogP contribution is 2.28. The van der Waals surface area contributed by atoms with Crippen molar-refractivity contribution in [1.82, 2.24) is 15.2 Å². The van der Waals surface area contributed by atoms with Crippen molar-refractivity contribution in [3.8, 4) is 5.75 Å². The Morgan fingerprint density at radius 2 is 2.29 bits per heavy atom. The lowest BCUT2D eigenvalue weighted by molar-refractivity contribution is -0.0293. The van der Waals surface area contributed by atoms with Crippen LogP contribution in [0.4, 0.5) is 0 Å². The van der Waals surface area contributed by atoms with Gasteiger partial charge in [0, 0.05) is 36.6 Å². The fourth-order valence-corrected chi connectivity index (χ4v) is 3.30. The molecule has 2 fully saturated rings. The van der Waals surface area contributed by atoms with E-state index < -0.39 is 0 Å². The molecule has 1 aliphatic heterocycles. The fraction of sp³-hybridized carbons (Fsp3) is 0.500. The summed E-state index contributed by atoms with van der Waals surface area (Å²) < 4.78 is 11.0. The Hall–Kier alpha value is -2.05. The summed E-state index contributed by atoms with van der Waals surface area (Å²) in [7, 11) is 1.64. The Balaban J connectivity index is 1.37. The van der Waals surface area contributed by atoms with E-state index in [1.165, 1.54) is 12.8 Å². The SMILES string of the molecule is COc1ccc2[nH]c(C(=O)NC[C@@H]3CN(C4CC4)CCO3)cc2c1. The number of rotatable bonds is 5. The minimum absolute atomic E-state index is 0.0766. The van der Waals surface area contributed by atoms with Crippen LogP contribution >= 0.6 is 0 Å². The number of aromatic nitrogens is 1. The van der Waals surface area contributed by atoms with E-state index in [0.29, 0.717) is 12.2 Å². The molecule has 6 heteroatoms. The molecule has 2 aromatic rings. The molecule has 2 heterocycles. The van der Waals surface area contributed by atoms with Crippen LogP contribution in [0.25, 0.3) is 10.9 Å². The lowest BCUT2D eigenvalue weighted by atomic mass is 10.2. The molecule has 1 aromatic heterocycles. The Morgan fingerprint density at radius 3 is 3.08 bits per heavy atom. The number of carbonyl (C=O) groups is 1. The van der Waals surface area contributed by atoms with Crippen molar-refractivity contribution in [3.63, 3.8) is 0 Å². The Labute approximate surface area is 141 Å². The van der Waals surface area contributed by atoms with Crippen LogP contribution in [-0.2, 0) is 4.74 Å². The van der Waals surface area contributed by atoms with Gasteiger partial charge in [0.05, 0.1) is 19.8 Å². The van der Waals surface area contributed by atoms with Crippen LogP contribution < -0.4 is 10.1 Å². The lowest BCUT2D eigenvalue weighted by Crippen LogP contribution is -2.48. The molecule has 1 aromatic carbocycles. The van der Waals surface area contributed by atoms with Gasteiger partial charge in [0.15, 0.2) is 0 Å². The Bertz CT molecular complexity index is 738. The van der Waals surface area contributed by atoms with E-state index in [0.717, 1.165) is 42.4 Å². The lowest BCUT2D eigenvalue weighted by Gasteiger charge is -2.33. The van der Waals surface area contributed by atoms with Gasteiger partial charge in [-0.25, -0.2) is 0 Å². The summed E-state index contributed by atoms with van der Waals surface area (Å²) in [5.41, 5.74) is 1.49. The Morgan fingerprint density at radius 1 is 1.42 bits per heavy atom. The maximum Gasteiger partial charge on any atom is 0.267 e. The smallest absolute Gasteiger partial charge is 0.267 e. The highest BCUT2D eigenvalue weighted by molar-refractivity contribution is 5.98. The second-order valence-electron chi connectivity index (χ2n) is 6.57. The first kappa shape index (κ1) is 15.5. The van der Waals surface area contributed by atoms with E-state index in [2.05, 4.69) is 15.2 Å². The van der Waals surface area contributed by atoms with Crippen molar-refractivity contribution in [3.05, 3.63) is 30.0 Å². The monoisotopic (exact) mass is 329 g/mol. The van der Waals surface area contributed by atoms with Crippen molar-refractivity contribution in [2.45, 2.75) is 25.0 Å². The largest absolute Gasteiger partial charge is 0.497 e. The van der Waals surface area contributed by atoms with Gasteiger partial charge in [-0.2, -0.15) is 0 Å². The molecule has 0 bridgehead atoms. The zero-order valence-corrected chi connectivity index (χ0v) is 13.9. The van der Waals surface area contributed by atoms with Gasteiger partial charge in [-0.15, -0.1) is 0 Å². The summed E-state index contributed by atoms with van der Waals surface area (Å²) in [6, 6.07) is 8.31. The molecule has 1 saturated carbocycles. The van der Waals surface area contributed by atoms with Gasteiger partial charge in [0.1, 0.15) is 11.4 Å². The molecular formula is C18H23N3O3. The maximum absolute atomic E-state index is 12.4. The maximum atomic E-state index is 12.4. The number of ether oxygens (including phenoxy) is 2. The molecule has 6 nitrogen and oxygen atoms in total. The number of carbonyl (C=O) groups excluding carboxylic acids is 1. The predicted molar refractivity (Wildman–Crippen MR) is 91.5 cm³/mol. The fourth-order valence-electron chi connectivity index (χ4n) is 3.30. The molecule has 24 heavy (non-hydrogen) atoms. The summed E-state index contributed by atoms with van der Waals surface area (Å²) in [6.45, 7) is 3.22. The first-order chi connectivity index (χ1) is 11.7. The molecule has 0 radical (unpaired) electrons. The molecule has 1 aliphatic carbocycles. The van der Waals surface area contributed by atoms with Crippen molar-refractivity contribution >= 4 is 16.8 Å². The first-order valence-corrected chi connectivity index (χ1v) is 8.53. The topological polar surface area (TPSA) is 66.6 Å². The summed E-state index contributed by atoms with van der Waals surface area (Å²) in [5.74, 6) is 0.682. The number of nitrogens with zero attached hydrogens (tertiary/aromatic N) is 1. The molecule has 4 rings (SSSR count). The molecule has 2 N–H and O–H groups in total. The van der Waals surface area contributed by atoms with Crippen molar-refractivity contribution in [1.29, 1.82) is 0 Å². The summed E-state index contributed by atoms with van der Waals surface area (Å²) >= 11 is 0. The summed E-state index contributed by atoms with van der Waals surface area (Å²) in [5, 5.41) is 3.95. The van der Waals surface area contributed by atoms with E-state index in [1.807, 2.05) is 24.3 Å². The highest BCUT2D eigenvalue weighted by Gasteiger charge is 2.33. The van der Waals surface area contributed by atoms with E-state index in [4.69, 9.17) is 9.47 Å². The molecule has 2 aliphatic rings. The minimum atomic E-state index is -0.0997. The van der Waals surface area contributed by atoms with Gasteiger partial charge in [-0.1, -0.05) is 0 Å². The van der Waals surface area contributed by atoms with Crippen LogP contribution in [0, 0.1) is 0 Å². The number of hydrogen-bond acceptors (Lipinski definition) is 4. The molecule has 1 saturated heterocycles. The average molecular weight is 329 g/mol. The van der Waals surface area contributed by atoms with Crippen molar-refractivity contribution < 1.29 is 14.3 Å². The summed E-state index contributed by atoms with van der Waals surface area (Å²) in [6.07, 6.45) is 2.68. The third kappa shape index (κ3) is 3.25. The standard InChI is InChI=1S/C18H23N3O3/c1-23-14-4-5-16-12(8-14)9-17(20-16)18(22)19-10-15-11-21(6-7-24-15)13-2-3-13/h4-5,8-9,13,15,20H,2-3,6-7,10-11H2,1H3,(H,19,22)/t15-/m1/s1. The summed E-state index contributed by atoms with van der Waals surface area (Å²) in [4.78, 5) is 18.0. The van der Waals surface area contributed by atoms with Crippen LogP contribution in [0.15, 0.2) is 24.3 Å². The first-order valence-electron chi connectivity index (χ1n) is 8.53. The van der Waals surface area contributed by atoms with Crippen LogP contribution in [0.2, 0.25) is 0 Å². The van der Waals surface area contributed by atoms with E-state index in [-0.39, 0.29) is 12.0 Å². The van der Waals surface area contributed by atoms with E-state index in [9.17, 15) is 4.79 Å². The van der Waals surface area contributed by atoms with Crippen LogP contribution in [0.3, 0.4) is 0 Å². The van der Waals surface area contributed by atoms with E-state index >= 15 is 0 Å². The van der Waals surface area contributed by atoms with Gasteiger partial charge >= 0.3 is 0 Å².